The Labute approximate surface area is 141 Å². The molecule has 1 saturated heterocycles. The molecule has 1 fully saturated rings. The minimum atomic E-state index is -4.55. The van der Waals surface area contributed by atoms with Crippen LogP contribution in [0.1, 0.15) is 18.1 Å². The summed E-state index contributed by atoms with van der Waals surface area (Å²) in [5.41, 5.74) is 0.524. The van der Waals surface area contributed by atoms with Crippen molar-refractivity contribution in [1.82, 2.24) is 10.6 Å². The van der Waals surface area contributed by atoms with Gasteiger partial charge in [0, 0.05) is 25.6 Å². The van der Waals surface area contributed by atoms with Gasteiger partial charge in [0.25, 0.3) is 0 Å². The number of amides is 1. The molecular formula is C15H17ClF4N2O2. The summed E-state index contributed by atoms with van der Waals surface area (Å²) in [6.07, 6.45) is -6.65. The summed E-state index contributed by atoms with van der Waals surface area (Å²) < 4.78 is 56.0. The molecule has 2 rings (SSSR count). The van der Waals surface area contributed by atoms with Crippen molar-refractivity contribution < 1.29 is 27.1 Å². The van der Waals surface area contributed by atoms with Gasteiger partial charge in [0.2, 0.25) is 5.91 Å². The molecule has 0 spiro atoms. The van der Waals surface area contributed by atoms with E-state index >= 15 is 0 Å². The van der Waals surface area contributed by atoms with Crippen molar-refractivity contribution in [3.8, 4) is 0 Å². The normalized spacial score (nSPS) is 22.0. The van der Waals surface area contributed by atoms with Gasteiger partial charge in [0.05, 0.1) is 17.7 Å². The maximum absolute atomic E-state index is 13.7. The lowest BCUT2D eigenvalue weighted by molar-refractivity contribution is -0.154. The zero-order valence-electron chi connectivity index (χ0n) is 12.6. The Kier molecular flexibility index (Phi) is 6.42. The van der Waals surface area contributed by atoms with Crippen LogP contribution in [0.2, 0.25) is 5.02 Å². The van der Waals surface area contributed by atoms with Crippen molar-refractivity contribution in [1.29, 1.82) is 0 Å². The summed E-state index contributed by atoms with van der Waals surface area (Å²) in [4.78, 5) is 11.4. The molecule has 1 aliphatic heterocycles. The molecule has 4 nitrogen and oxygen atoms in total. The van der Waals surface area contributed by atoms with Crippen LogP contribution in [0.15, 0.2) is 18.2 Å². The van der Waals surface area contributed by atoms with Crippen LogP contribution in [0.3, 0.4) is 0 Å². The van der Waals surface area contributed by atoms with E-state index in [2.05, 4.69) is 10.6 Å². The zero-order valence-corrected chi connectivity index (χ0v) is 13.4. The Balaban J connectivity index is 2.06. The number of carbonyl (C=O) groups is 1. The Morgan fingerprint density at radius 2 is 2.17 bits per heavy atom. The highest BCUT2D eigenvalue weighted by Gasteiger charge is 2.32. The van der Waals surface area contributed by atoms with E-state index in [0.717, 1.165) is 0 Å². The maximum atomic E-state index is 13.7. The molecule has 0 radical (unpaired) electrons. The van der Waals surface area contributed by atoms with Crippen LogP contribution in [0, 0.1) is 11.7 Å². The van der Waals surface area contributed by atoms with Gasteiger partial charge in [-0.1, -0.05) is 17.7 Å². The van der Waals surface area contributed by atoms with Gasteiger partial charge in [0.1, 0.15) is 12.2 Å². The van der Waals surface area contributed by atoms with Gasteiger partial charge in [-0.25, -0.2) is 4.39 Å². The lowest BCUT2D eigenvalue weighted by Gasteiger charge is -2.25. The number of carbonyl (C=O) groups excluding carboxylic acids is 1. The molecule has 9 heteroatoms. The van der Waals surface area contributed by atoms with Crippen molar-refractivity contribution in [2.24, 2.45) is 5.92 Å². The standard InChI is InChI=1S/C15H17ClF4N2O2/c16-11-2-1-9(5-12(11)17)14-10(7-21-3-4-24-14)8-22-13(23)6-15(18,19)20/h1-2,5,10,14,21H,3-4,6-8H2,(H,22,23)/t10-,14-/m0/s1. The molecule has 1 aromatic rings. The van der Waals surface area contributed by atoms with Crippen LogP contribution in [-0.4, -0.2) is 38.3 Å². The lowest BCUT2D eigenvalue weighted by Crippen LogP contribution is -2.38. The average molecular weight is 369 g/mol. The van der Waals surface area contributed by atoms with E-state index in [-0.39, 0.29) is 17.5 Å². The fraction of sp³-hybridized carbons (Fsp3) is 0.533. The van der Waals surface area contributed by atoms with Crippen molar-refractivity contribution in [2.75, 3.05) is 26.2 Å². The third kappa shape index (κ3) is 5.61. The van der Waals surface area contributed by atoms with Crippen LogP contribution in [0.5, 0.6) is 0 Å². The molecule has 1 amide bonds. The number of ether oxygens (including phenoxy) is 1. The van der Waals surface area contributed by atoms with Gasteiger partial charge in [0.15, 0.2) is 0 Å². The number of alkyl halides is 3. The number of nitrogens with one attached hydrogen (secondary N) is 2. The molecule has 0 saturated carbocycles. The highest BCUT2D eigenvalue weighted by atomic mass is 35.5. The summed E-state index contributed by atoms with van der Waals surface area (Å²) in [7, 11) is 0. The molecule has 2 N–H and O–H groups in total. The second-order valence-electron chi connectivity index (χ2n) is 5.53. The van der Waals surface area contributed by atoms with Crippen LogP contribution in [0.25, 0.3) is 0 Å². The molecule has 2 atom stereocenters. The van der Waals surface area contributed by atoms with Crippen LogP contribution < -0.4 is 10.6 Å². The average Bonchev–Trinajstić information content (AvgIpc) is 2.71. The Bertz CT molecular complexity index is 583. The molecule has 1 aromatic carbocycles. The smallest absolute Gasteiger partial charge is 0.372 e. The van der Waals surface area contributed by atoms with Crippen molar-refractivity contribution >= 4 is 17.5 Å². The fourth-order valence-electron chi connectivity index (χ4n) is 2.52. The van der Waals surface area contributed by atoms with Gasteiger partial charge in [-0.2, -0.15) is 13.2 Å². The second kappa shape index (κ2) is 8.13. The van der Waals surface area contributed by atoms with Crippen LogP contribution in [-0.2, 0) is 9.53 Å². The molecule has 24 heavy (non-hydrogen) atoms. The SMILES string of the molecule is O=C(CC(F)(F)F)NC[C@@H]1CNCCO[C@H]1c1ccc(Cl)c(F)c1. The number of halogens is 5. The van der Waals surface area contributed by atoms with Gasteiger partial charge < -0.3 is 15.4 Å². The van der Waals surface area contributed by atoms with E-state index in [1.807, 2.05) is 0 Å². The van der Waals surface area contributed by atoms with E-state index in [4.69, 9.17) is 16.3 Å². The maximum Gasteiger partial charge on any atom is 0.397 e. The predicted molar refractivity (Wildman–Crippen MR) is 80.1 cm³/mol. The number of benzene rings is 1. The molecule has 0 unspecified atom stereocenters. The highest BCUT2D eigenvalue weighted by Crippen LogP contribution is 2.29. The van der Waals surface area contributed by atoms with Gasteiger partial charge in [-0.15, -0.1) is 0 Å². The largest absolute Gasteiger partial charge is 0.397 e. The first-order valence-electron chi connectivity index (χ1n) is 7.37. The van der Waals surface area contributed by atoms with Crippen LogP contribution >= 0.6 is 11.6 Å². The molecule has 1 heterocycles. The molecular weight excluding hydrogens is 352 g/mol. The molecule has 134 valence electrons. The minimum absolute atomic E-state index is 0.0170. The first kappa shape index (κ1) is 19.0. The zero-order chi connectivity index (χ0) is 17.7. The fourth-order valence-corrected chi connectivity index (χ4v) is 2.63. The Morgan fingerprint density at radius 1 is 1.42 bits per heavy atom. The van der Waals surface area contributed by atoms with Gasteiger partial charge in [-0.3, -0.25) is 4.79 Å². The predicted octanol–water partition coefficient (Wildman–Crippen LogP) is 2.82. The molecule has 0 bridgehead atoms. The number of rotatable bonds is 4. The van der Waals surface area contributed by atoms with Crippen molar-refractivity contribution in [3.05, 3.63) is 34.6 Å². The monoisotopic (exact) mass is 368 g/mol. The highest BCUT2D eigenvalue weighted by molar-refractivity contribution is 6.30. The summed E-state index contributed by atoms with van der Waals surface area (Å²) in [6, 6.07) is 4.24. The first-order valence-corrected chi connectivity index (χ1v) is 7.75. The summed E-state index contributed by atoms with van der Waals surface area (Å²) in [5.74, 6) is -2.05. The number of hydrogen-bond donors (Lipinski definition) is 2. The lowest BCUT2D eigenvalue weighted by atomic mass is 9.95. The van der Waals surface area contributed by atoms with E-state index in [1.165, 1.54) is 12.1 Å². The van der Waals surface area contributed by atoms with Gasteiger partial charge >= 0.3 is 6.18 Å². The quantitative estimate of drug-likeness (QED) is 0.804. The van der Waals surface area contributed by atoms with E-state index in [9.17, 15) is 22.4 Å². The Morgan fingerprint density at radius 3 is 2.83 bits per heavy atom. The van der Waals surface area contributed by atoms with Crippen molar-refractivity contribution in [3.63, 3.8) is 0 Å². The van der Waals surface area contributed by atoms with Gasteiger partial charge in [-0.05, 0) is 17.7 Å². The topological polar surface area (TPSA) is 50.4 Å². The summed E-state index contributed by atoms with van der Waals surface area (Å²) in [6.45, 7) is 1.32. The van der Waals surface area contributed by atoms with Crippen LogP contribution in [0.4, 0.5) is 17.6 Å². The minimum Gasteiger partial charge on any atom is -0.372 e. The molecule has 0 aliphatic carbocycles. The molecule has 1 aliphatic rings. The second-order valence-corrected chi connectivity index (χ2v) is 5.93. The third-order valence-electron chi connectivity index (χ3n) is 3.61. The summed E-state index contributed by atoms with van der Waals surface area (Å²) >= 11 is 5.66. The first-order chi connectivity index (χ1) is 11.3. The third-order valence-corrected chi connectivity index (χ3v) is 3.91. The summed E-state index contributed by atoms with van der Waals surface area (Å²) in [5, 5.41) is 5.31. The van der Waals surface area contributed by atoms with E-state index in [0.29, 0.717) is 25.3 Å². The van der Waals surface area contributed by atoms with E-state index < -0.39 is 30.4 Å². The molecule has 0 aromatic heterocycles. The van der Waals surface area contributed by atoms with Crippen molar-refractivity contribution in [2.45, 2.75) is 18.7 Å². The number of hydrogen-bond acceptors (Lipinski definition) is 3. The van der Waals surface area contributed by atoms with E-state index in [1.54, 1.807) is 6.07 Å². The Hall–Kier alpha value is -1.38.